The highest BCUT2D eigenvalue weighted by atomic mass is 79.9. The molecule has 0 bridgehead atoms. The van der Waals surface area contributed by atoms with Crippen LogP contribution in [0.25, 0.3) is 0 Å². The van der Waals surface area contributed by atoms with Crippen LogP contribution in [0.4, 0.5) is 0 Å². The summed E-state index contributed by atoms with van der Waals surface area (Å²) in [4.78, 5) is 0. The van der Waals surface area contributed by atoms with E-state index in [4.69, 9.17) is 5.11 Å². The molecular weight excluding hydrogens is 402 g/mol. The van der Waals surface area contributed by atoms with E-state index in [0.717, 1.165) is 54.2 Å². The van der Waals surface area contributed by atoms with Crippen LogP contribution < -0.4 is 5.32 Å². The molecule has 2 aromatic rings. The van der Waals surface area contributed by atoms with Crippen molar-refractivity contribution in [3.05, 3.63) is 70.2 Å². The molecule has 0 aliphatic heterocycles. The number of unbranched alkanes of at least 4 members (excludes halogenated alkanes) is 2. The fraction of sp³-hybridized carbons (Fsp3) is 0.478. The number of rotatable bonds is 12. The van der Waals surface area contributed by atoms with Crippen LogP contribution in [-0.4, -0.2) is 29.9 Å². The molecule has 2 aromatic carbocycles. The van der Waals surface area contributed by atoms with Gasteiger partial charge in [0.1, 0.15) is 0 Å². The second-order valence-electron chi connectivity index (χ2n) is 7.13. The summed E-state index contributed by atoms with van der Waals surface area (Å²) in [6, 6.07) is 18.4. The van der Waals surface area contributed by atoms with Crippen LogP contribution in [0.1, 0.15) is 56.1 Å². The van der Waals surface area contributed by atoms with Crippen molar-refractivity contribution in [1.29, 1.82) is 0 Å². The van der Waals surface area contributed by atoms with Gasteiger partial charge in [0, 0.05) is 23.5 Å². The Kier molecular flexibility index (Phi) is 9.49. The molecule has 3 N–H and O–H groups in total. The van der Waals surface area contributed by atoms with Gasteiger partial charge in [0.25, 0.3) is 0 Å². The molecule has 2 atom stereocenters. The Morgan fingerprint density at radius 3 is 2.33 bits per heavy atom. The third-order valence-corrected chi connectivity index (χ3v) is 5.67. The first-order chi connectivity index (χ1) is 13.1. The maximum absolute atomic E-state index is 11.9. The lowest BCUT2D eigenvalue weighted by atomic mass is 9.74. The molecule has 27 heavy (non-hydrogen) atoms. The molecule has 0 spiro atoms. The van der Waals surface area contributed by atoms with Crippen LogP contribution in [0.3, 0.4) is 0 Å². The monoisotopic (exact) mass is 433 g/mol. The number of aliphatic hydroxyl groups excluding tert-OH is 1. The number of benzene rings is 2. The van der Waals surface area contributed by atoms with Gasteiger partial charge in [-0.05, 0) is 49.1 Å². The second kappa shape index (κ2) is 11.6. The quantitative estimate of drug-likeness (QED) is 0.414. The first-order valence-electron chi connectivity index (χ1n) is 9.96. The van der Waals surface area contributed by atoms with Crippen LogP contribution in [0.5, 0.6) is 0 Å². The molecule has 2 rings (SSSR count). The predicted molar refractivity (Wildman–Crippen MR) is 116 cm³/mol. The predicted octanol–water partition coefficient (Wildman–Crippen LogP) is 4.97. The minimum absolute atomic E-state index is 0.0412. The van der Waals surface area contributed by atoms with E-state index in [1.54, 1.807) is 0 Å². The fourth-order valence-electron chi connectivity index (χ4n) is 3.56. The van der Waals surface area contributed by atoms with Crippen molar-refractivity contribution in [1.82, 2.24) is 5.32 Å². The number of hydrogen-bond acceptors (Lipinski definition) is 3. The molecule has 0 fully saturated rings. The summed E-state index contributed by atoms with van der Waals surface area (Å²) in [7, 11) is 0. The lowest BCUT2D eigenvalue weighted by Gasteiger charge is -2.38. The summed E-state index contributed by atoms with van der Waals surface area (Å²) >= 11 is 3.50. The van der Waals surface area contributed by atoms with E-state index in [0.29, 0.717) is 6.54 Å². The van der Waals surface area contributed by atoms with Crippen molar-refractivity contribution in [3.8, 4) is 0 Å². The Labute approximate surface area is 172 Å². The lowest BCUT2D eigenvalue weighted by Crippen LogP contribution is -2.39. The Hall–Kier alpha value is -1.20. The van der Waals surface area contributed by atoms with Crippen molar-refractivity contribution in [2.45, 2.75) is 50.5 Å². The molecular formula is C23H32BrNO2. The maximum atomic E-state index is 11.9. The molecule has 0 unspecified atom stereocenters. The number of aliphatic hydroxyl groups is 2. The Bertz CT molecular complexity index is 647. The molecule has 148 valence electrons. The van der Waals surface area contributed by atoms with Gasteiger partial charge >= 0.3 is 0 Å². The van der Waals surface area contributed by atoms with E-state index in [2.05, 4.69) is 40.3 Å². The summed E-state index contributed by atoms with van der Waals surface area (Å²) in [6.07, 6.45) is 4.48. The molecule has 0 saturated carbocycles. The smallest absolute Gasteiger partial charge is 0.0976 e. The third kappa shape index (κ3) is 6.42. The highest BCUT2D eigenvalue weighted by molar-refractivity contribution is 9.10. The zero-order chi connectivity index (χ0) is 19.5. The molecule has 0 aliphatic rings. The Morgan fingerprint density at radius 1 is 1.00 bits per heavy atom. The normalized spacial score (nSPS) is 14.7. The molecule has 4 heteroatoms. The van der Waals surface area contributed by atoms with Gasteiger partial charge in [-0.1, -0.05) is 78.2 Å². The molecule has 0 aliphatic carbocycles. The Morgan fingerprint density at radius 2 is 1.70 bits per heavy atom. The van der Waals surface area contributed by atoms with E-state index in [1.807, 2.05) is 42.5 Å². The van der Waals surface area contributed by atoms with E-state index >= 15 is 0 Å². The van der Waals surface area contributed by atoms with E-state index in [9.17, 15) is 5.11 Å². The van der Waals surface area contributed by atoms with E-state index < -0.39 is 5.60 Å². The minimum Gasteiger partial charge on any atom is -0.396 e. The summed E-state index contributed by atoms with van der Waals surface area (Å²) in [5.41, 5.74) is 1.18. The van der Waals surface area contributed by atoms with Crippen LogP contribution in [0.2, 0.25) is 0 Å². The average molecular weight is 434 g/mol. The van der Waals surface area contributed by atoms with E-state index in [-0.39, 0.29) is 12.5 Å². The van der Waals surface area contributed by atoms with Gasteiger partial charge in [-0.2, -0.15) is 0 Å². The van der Waals surface area contributed by atoms with Gasteiger partial charge in [-0.3, -0.25) is 0 Å². The second-order valence-corrected chi connectivity index (χ2v) is 8.05. The lowest BCUT2D eigenvalue weighted by molar-refractivity contribution is -0.00369. The first-order valence-corrected chi connectivity index (χ1v) is 10.8. The number of halogens is 1. The highest BCUT2D eigenvalue weighted by Gasteiger charge is 2.38. The number of hydrogen-bond donors (Lipinski definition) is 3. The van der Waals surface area contributed by atoms with E-state index in [1.165, 1.54) is 0 Å². The molecule has 0 heterocycles. The fourth-order valence-corrected chi connectivity index (χ4v) is 3.82. The van der Waals surface area contributed by atoms with Crippen LogP contribution >= 0.6 is 15.9 Å². The highest BCUT2D eigenvalue weighted by Crippen LogP contribution is 2.41. The zero-order valence-corrected chi connectivity index (χ0v) is 17.8. The molecule has 0 radical (unpaired) electrons. The van der Waals surface area contributed by atoms with Crippen LogP contribution in [0, 0.1) is 0 Å². The van der Waals surface area contributed by atoms with Gasteiger partial charge in [-0.25, -0.2) is 0 Å². The zero-order valence-electron chi connectivity index (χ0n) is 16.2. The molecule has 3 nitrogen and oxygen atoms in total. The average Bonchev–Trinajstić information content (AvgIpc) is 2.70. The summed E-state index contributed by atoms with van der Waals surface area (Å²) in [5.74, 6) is -0.0412. The van der Waals surface area contributed by atoms with Crippen molar-refractivity contribution >= 4 is 15.9 Å². The van der Waals surface area contributed by atoms with Gasteiger partial charge in [0.05, 0.1) is 5.60 Å². The first kappa shape index (κ1) is 22.1. The topological polar surface area (TPSA) is 52.5 Å². The van der Waals surface area contributed by atoms with Crippen molar-refractivity contribution in [2.75, 3.05) is 19.7 Å². The summed E-state index contributed by atoms with van der Waals surface area (Å²) in [6.45, 7) is 3.93. The van der Waals surface area contributed by atoms with Crippen molar-refractivity contribution < 1.29 is 10.2 Å². The van der Waals surface area contributed by atoms with Crippen molar-refractivity contribution in [3.63, 3.8) is 0 Å². The summed E-state index contributed by atoms with van der Waals surface area (Å²) < 4.78 is 1.02. The molecule has 0 saturated heterocycles. The van der Waals surface area contributed by atoms with Crippen LogP contribution in [0.15, 0.2) is 59.1 Å². The standard InChI is InChI=1S/C23H32BrNO2/c1-2-3-15-23(27,20-11-13-21(24)14-12-20)22(18-25-16-7-8-17-26)19-9-5-4-6-10-19/h4-6,9-14,22,25-27H,2-3,7-8,15-18H2,1H3/t22-,23-/m0/s1. The summed E-state index contributed by atoms with van der Waals surface area (Å²) in [5, 5.41) is 24.4. The Balaban J connectivity index is 2.32. The van der Waals surface area contributed by atoms with Gasteiger partial charge < -0.3 is 15.5 Å². The molecule has 0 amide bonds. The third-order valence-electron chi connectivity index (χ3n) is 5.14. The van der Waals surface area contributed by atoms with Gasteiger partial charge in [0.15, 0.2) is 0 Å². The van der Waals surface area contributed by atoms with Crippen molar-refractivity contribution in [2.24, 2.45) is 0 Å². The maximum Gasteiger partial charge on any atom is 0.0976 e. The van der Waals surface area contributed by atoms with Gasteiger partial charge in [0.2, 0.25) is 0 Å². The SMILES string of the molecule is CCCC[C@](O)(c1ccc(Br)cc1)[C@@H](CNCCCCO)c1ccccc1. The van der Waals surface area contributed by atoms with Gasteiger partial charge in [-0.15, -0.1) is 0 Å². The molecule has 0 aromatic heterocycles. The minimum atomic E-state index is -0.929. The van der Waals surface area contributed by atoms with Crippen LogP contribution in [-0.2, 0) is 5.60 Å². The number of nitrogens with one attached hydrogen (secondary N) is 1. The largest absolute Gasteiger partial charge is 0.396 e.